The van der Waals surface area contributed by atoms with Crippen LogP contribution in [0.25, 0.3) is 0 Å². The lowest BCUT2D eigenvalue weighted by atomic mass is 10.2. The van der Waals surface area contributed by atoms with E-state index in [4.69, 9.17) is 16.6 Å². The number of hydrogen-bond acceptors (Lipinski definition) is 4. The predicted molar refractivity (Wildman–Crippen MR) is 113 cm³/mol. The third-order valence-electron chi connectivity index (χ3n) is 4.10. The Morgan fingerprint density at radius 3 is 2.44 bits per heavy atom. The van der Waals surface area contributed by atoms with Crippen LogP contribution in [-0.2, 0) is 5.75 Å². The first-order chi connectivity index (χ1) is 13.2. The number of anilines is 1. The van der Waals surface area contributed by atoms with Crippen molar-refractivity contribution >= 4 is 45.8 Å². The standard InChI is InChI=1S/C21H16ClN3OS/c22-18-12-6-4-8-15(18)14-27-21-23-19-13-7-5-11-17(19)20(26)24-25(21)16-9-2-1-3-10-16/h1-13H,14H2,(H,24,26). The Kier molecular flexibility index (Phi) is 5.14. The summed E-state index contributed by atoms with van der Waals surface area (Å²) in [5, 5.41) is 3.12. The largest absolute Gasteiger partial charge is 0.272 e. The number of amides is 1. The van der Waals surface area contributed by atoms with Crippen molar-refractivity contribution in [2.45, 2.75) is 5.75 Å². The molecule has 27 heavy (non-hydrogen) atoms. The maximum atomic E-state index is 12.7. The van der Waals surface area contributed by atoms with Crippen molar-refractivity contribution in [3.63, 3.8) is 0 Å². The molecule has 0 radical (unpaired) electrons. The second-order valence-electron chi connectivity index (χ2n) is 5.90. The average Bonchev–Trinajstić information content (AvgIpc) is 2.85. The van der Waals surface area contributed by atoms with Crippen molar-refractivity contribution < 1.29 is 4.79 Å². The molecule has 6 heteroatoms. The molecular formula is C21H16ClN3OS. The highest BCUT2D eigenvalue weighted by molar-refractivity contribution is 8.13. The summed E-state index contributed by atoms with van der Waals surface area (Å²) < 4.78 is 0. The molecular weight excluding hydrogens is 378 g/mol. The van der Waals surface area contributed by atoms with Gasteiger partial charge in [-0.05, 0) is 35.9 Å². The van der Waals surface area contributed by atoms with E-state index in [-0.39, 0.29) is 5.91 Å². The van der Waals surface area contributed by atoms with E-state index in [9.17, 15) is 4.79 Å². The molecule has 1 amide bonds. The quantitative estimate of drug-likeness (QED) is 0.645. The number of hydrogen-bond donors (Lipinski definition) is 1. The molecule has 0 atom stereocenters. The van der Waals surface area contributed by atoms with Gasteiger partial charge in [0.25, 0.3) is 5.91 Å². The molecule has 0 aliphatic carbocycles. The molecule has 0 unspecified atom stereocenters. The lowest BCUT2D eigenvalue weighted by molar-refractivity contribution is 0.0957. The molecule has 0 saturated heterocycles. The van der Waals surface area contributed by atoms with Crippen molar-refractivity contribution in [3.8, 4) is 0 Å². The fraction of sp³-hybridized carbons (Fsp3) is 0.0476. The summed E-state index contributed by atoms with van der Waals surface area (Å²) in [4.78, 5) is 17.5. The summed E-state index contributed by atoms with van der Waals surface area (Å²) in [7, 11) is 0. The second kappa shape index (κ2) is 7.86. The molecule has 4 nitrogen and oxygen atoms in total. The number of nitrogens with one attached hydrogen (secondary N) is 1. The number of carbonyl (C=O) groups is 1. The molecule has 0 bridgehead atoms. The number of aliphatic imine (C=N–C) groups is 1. The molecule has 1 heterocycles. The molecule has 0 aromatic heterocycles. The zero-order valence-corrected chi connectivity index (χ0v) is 15.9. The van der Waals surface area contributed by atoms with Crippen LogP contribution >= 0.6 is 23.4 Å². The number of hydrazine groups is 1. The number of nitrogens with zero attached hydrogens (tertiary/aromatic N) is 2. The van der Waals surface area contributed by atoms with E-state index in [1.165, 1.54) is 11.8 Å². The van der Waals surface area contributed by atoms with E-state index in [0.29, 0.717) is 22.2 Å². The fourth-order valence-corrected chi connectivity index (χ4v) is 3.99. The van der Waals surface area contributed by atoms with Gasteiger partial charge >= 0.3 is 0 Å². The number of amidine groups is 1. The number of para-hydroxylation sites is 2. The van der Waals surface area contributed by atoms with Crippen LogP contribution in [0.5, 0.6) is 0 Å². The molecule has 1 aliphatic rings. The molecule has 0 fully saturated rings. The lowest BCUT2D eigenvalue weighted by Gasteiger charge is -2.24. The van der Waals surface area contributed by atoms with Crippen LogP contribution < -0.4 is 10.4 Å². The van der Waals surface area contributed by atoms with Crippen LogP contribution in [-0.4, -0.2) is 11.1 Å². The van der Waals surface area contributed by atoms with E-state index in [1.54, 1.807) is 11.1 Å². The molecule has 4 rings (SSSR count). The Hall–Kier alpha value is -2.76. The Balaban J connectivity index is 1.72. The van der Waals surface area contributed by atoms with Gasteiger partial charge in [-0.1, -0.05) is 71.9 Å². The van der Waals surface area contributed by atoms with E-state index in [1.807, 2.05) is 72.8 Å². The van der Waals surface area contributed by atoms with Crippen molar-refractivity contribution in [2.75, 3.05) is 5.01 Å². The van der Waals surface area contributed by atoms with Gasteiger partial charge in [-0.3, -0.25) is 10.2 Å². The number of fused-ring (bicyclic) bond motifs is 1. The Labute approximate surface area is 166 Å². The Bertz CT molecular complexity index is 1010. The maximum absolute atomic E-state index is 12.7. The third-order valence-corrected chi connectivity index (χ3v) is 5.45. The summed E-state index contributed by atoms with van der Waals surface area (Å²) in [5.41, 5.74) is 6.01. The Morgan fingerprint density at radius 1 is 0.926 bits per heavy atom. The third kappa shape index (κ3) is 3.84. The first kappa shape index (κ1) is 17.6. The number of benzene rings is 3. The van der Waals surface area contributed by atoms with Crippen molar-refractivity contribution in [1.82, 2.24) is 5.43 Å². The van der Waals surface area contributed by atoms with Gasteiger partial charge in [-0.2, -0.15) is 0 Å². The predicted octanol–water partition coefficient (Wildman–Crippen LogP) is 5.43. The number of thioether (sulfide) groups is 1. The number of rotatable bonds is 3. The van der Waals surface area contributed by atoms with Crippen LogP contribution in [0.3, 0.4) is 0 Å². The maximum Gasteiger partial charge on any atom is 0.272 e. The molecule has 1 N–H and O–H groups in total. The highest BCUT2D eigenvalue weighted by Crippen LogP contribution is 2.30. The van der Waals surface area contributed by atoms with Gasteiger partial charge in [-0.15, -0.1) is 0 Å². The summed E-state index contributed by atoms with van der Waals surface area (Å²) >= 11 is 7.82. The van der Waals surface area contributed by atoms with E-state index < -0.39 is 0 Å². The molecule has 1 aliphatic heterocycles. The Morgan fingerprint density at radius 2 is 1.63 bits per heavy atom. The minimum absolute atomic E-state index is 0.188. The zero-order chi connectivity index (χ0) is 18.6. The van der Waals surface area contributed by atoms with Crippen molar-refractivity contribution in [3.05, 3.63) is 95.0 Å². The summed E-state index contributed by atoms with van der Waals surface area (Å²) in [6.45, 7) is 0. The van der Waals surface area contributed by atoms with E-state index >= 15 is 0 Å². The molecule has 0 saturated carbocycles. The van der Waals surface area contributed by atoms with Crippen LogP contribution in [0.4, 0.5) is 11.4 Å². The van der Waals surface area contributed by atoms with Crippen LogP contribution in [0, 0.1) is 0 Å². The molecule has 134 valence electrons. The minimum Gasteiger partial charge on any atom is -0.267 e. The molecule has 3 aromatic carbocycles. The lowest BCUT2D eigenvalue weighted by Crippen LogP contribution is -2.44. The van der Waals surface area contributed by atoms with Crippen LogP contribution in [0.1, 0.15) is 15.9 Å². The topological polar surface area (TPSA) is 44.7 Å². The highest BCUT2D eigenvalue weighted by Gasteiger charge is 2.24. The van der Waals surface area contributed by atoms with Crippen molar-refractivity contribution in [1.29, 1.82) is 0 Å². The van der Waals surface area contributed by atoms with E-state index in [2.05, 4.69) is 5.43 Å². The fourth-order valence-electron chi connectivity index (χ4n) is 2.73. The van der Waals surface area contributed by atoms with Gasteiger partial charge in [-0.25, -0.2) is 10.0 Å². The molecule has 0 spiro atoms. The van der Waals surface area contributed by atoms with Crippen LogP contribution in [0.2, 0.25) is 5.02 Å². The number of halogens is 1. The second-order valence-corrected chi connectivity index (χ2v) is 7.25. The minimum atomic E-state index is -0.188. The SMILES string of the molecule is O=C1NN(c2ccccc2)C(SCc2ccccc2Cl)=Nc2ccccc21. The monoisotopic (exact) mass is 393 g/mol. The average molecular weight is 394 g/mol. The number of carbonyl (C=O) groups excluding carboxylic acids is 1. The zero-order valence-electron chi connectivity index (χ0n) is 14.3. The smallest absolute Gasteiger partial charge is 0.267 e. The van der Waals surface area contributed by atoms with Gasteiger partial charge in [0.1, 0.15) is 0 Å². The first-order valence-electron chi connectivity index (χ1n) is 8.42. The van der Waals surface area contributed by atoms with Crippen LogP contribution in [0.15, 0.2) is 83.9 Å². The summed E-state index contributed by atoms with van der Waals surface area (Å²) in [6, 6.07) is 24.7. The summed E-state index contributed by atoms with van der Waals surface area (Å²) in [6.07, 6.45) is 0. The van der Waals surface area contributed by atoms with Crippen molar-refractivity contribution in [2.24, 2.45) is 4.99 Å². The normalized spacial score (nSPS) is 13.4. The van der Waals surface area contributed by atoms with Gasteiger partial charge in [0.15, 0.2) is 5.17 Å². The molecule has 3 aromatic rings. The van der Waals surface area contributed by atoms with Gasteiger partial charge in [0, 0.05) is 10.8 Å². The van der Waals surface area contributed by atoms with Gasteiger partial charge < -0.3 is 0 Å². The first-order valence-corrected chi connectivity index (χ1v) is 9.79. The van der Waals surface area contributed by atoms with Gasteiger partial charge in [0.05, 0.1) is 16.9 Å². The highest BCUT2D eigenvalue weighted by atomic mass is 35.5. The summed E-state index contributed by atoms with van der Waals surface area (Å²) in [5.74, 6) is 0.450. The van der Waals surface area contributed by atoms with Gasteiger partial charge in [0.2, 0.25) is 0 Å². The van der Waals surface area contributed by atoms with E-state index in [0.717, 1.165) is 16.3 Å².